The molecule has 32 heavy (non-hydrogen) atoms. The first kappa shape index (κ1) is 20.9. The molecule has 5 rings (SSSR count). The van der Waals surface area contributed by atoms with Crippen LogP contribution < -0.4 is 0 Å². The number of pyridine rings is 1. The number of carboxylic acids is 1. The molecule has 4 nitrogen and oxygen atoms in total. The molecule has 2 aromatic carbocycles. The lowest BCUT2D eigenvalue weighted by Crippen LogP contribution is -2.46. The molecule has 0 amide bonds. The summed E-state index contributed by atoms with van der Waals surface area (Å²) < 4.78 is 6.62. The van der Waals surface area contributed by atoms with Crippen molar-refractivity contribution in [1.82, 2.24) is 4.98 Å². The maximum Gasteiger partial charge on any atom is 0.314 e. The second kappa shape index (κ2) is 8.51. The van der Waals surface area contributed by atoms with Crippen LogP contribution in [-0.2, 0) is 20.5 Å². The summed E-state index contributed by atoms with van der Waals surface area (Å²) >= 11 is 0. The molecule has 0 saturated heterocycles. The SMILES string of the molecule is O=C(O)[C@]1(c2ccccc2)CC[C@](OCC2CC2)(c2cc(-c3ccccc3)ccn2)CC1. The maximum absolute atomic E-state index is 12.5. The van der Waals surface area contributed by atoms with Gasteiger partial charge in [0.15, 0.2) is 0 Å². The third-order valence-electron chi connectivity index (χ3n) is 7.27. The minimum absolute atomic E-state index is 0.536. The van der Waals surface area contributed by atoms with Crippen molar-refractivity contribution in [1.29, 1.82) is 0 Å². The highest BCUT2D eigenvalue weighted by atomic mass is 16.5. The Hall–Kier alpha value is -2.98. The number of aliphatic carboxylic acids is 1. The van der Waals surface area contributed by atoms with Crippen LogP contribution in [0.4, 0.5) is 0 Å². The van der Waals surface area contributed by atoms with Crippen LogP contribution in [0.3, 0.4) is 0 Å². The Kier molecular flexibility index (Phi) is 5.56. The van der Waals surface area contributed by atoms with Crippen LogP contribution in [0.1, 0.15) is 49.8 Å². The summed E-state index contributed by atoms with van der Waals surface area (Å²) in [5.41, 5.74) is 2.66. The van der Waals surface area contributed by atoms with Gasteiger partial charge in [-0.25, -0.2) is 0 Å². The van der Waals surface area contributed by atoms with Gasteiger partial charge in [0.1, 0.15) is 5.60 Å². The standard InChI is InChI=1S/C28H29NO3/c30-26(31)27(24-9-5-2-6-10-24)14-16-28(17-15-27,32-20-21-11-12-21)25-19-23(13-18-29-25)22-7-3-1-4-8-22/h1-10,13,18-19,21H,11-12,14-17,20H2,(H,30,31)/t27-,28-. The number of benzene rings is 2. The Balaban J connectivity index is 1.48. The Morgan fingerprint density at radius 1 is 0.906 bits per heavy atom. The van der Waals surface area contributed by atoms with Crippen molar-refractivity contribution in [3.05, 3.63) is 90.3 Å². The molecule has 3 aromatic rings. The average Bonchev–Trinajstić information content (AvgIpc) is 3.69. The lowest BCUT2D eigenvalue weighted by molar-refractivity contribution is -0.151. The predicted molar refractivity (Wildman–Crippen MR) is 124 cm³/mol. The van der Waals surface area contributed by atoms with E-state index in [0.717, 1.165) is 29.0 Å². The number of nitrogens with zero attached hydrogens (tertiary/aromatic N) is 1. The van der Waals surface area contributed by atoms with E-state index in [9.17, 15) is 9.90 Å². The normalized spacial score (nSPS) is 25.4. The summed E-state index contributed by atoms with van der Waals surface area (Å²) in [5.74, 6) is -0.116. The van der Waals surface area contributed by atoms with E-state index in [-0.39, 0.29) is 0 Å². The maximum atomic E-state index is 12.5. The predicted octanol–water partition coefficient (Wildman–Crippen LogP) is 5.97. The molecular formula is C28H29NO3. The molecule has 4 heteroatoms. The Morgan fingerprint density at radius 2 is 1.56 bits per heavy atom. The summed E-state index contributed by atoms with van der Waals surface area (Å²) in [4.78, 5) is 17.2. The highest BCUT2D eigenvalue weighted by molar-refractivity contribution is 5.81. The van der Waals surface area contributed by atoms with Crippen molar-refractivity contribution in [2.75, 3.05) is 6.61 Å². The summed E-state index contributed by atoms with van der Waals surface area (Å²) in [5, 5.41) is 10.2. The molecule has 0 radical (unpaired) electrons. The number of hydrogen-bond donors (Lipinski definition) is 1. The van der Waals surface area contributed by atoms with E-state index in [1.54, 1.807) is 0 Å². The number of aromatic nitrogens is 1. The Bertz CT molecular complexity index is 1070. The smallest absolute Gasteiger partial charge is 0.314 e. The van der Waals surface area contributed by atoms with Crippen molar-refractivity contribution in [3.63, 3.8) is 0 Å². The molecule has 1 heterocycles. The van der Waals surface area contributed by atoms with E-state index < -0.39 is 17.0 Å². The summed E-state index contributed by atoms with van der Waals surface area (Å²) in [6.45, 7) is 0.725. The first-order valence-electron chi connectivity index (χ1n) is 11.6. The molecule has 0 unspecified atom stereocenters. The van der Waals surface area contributed by atoms with Gasteiger partial charge in [0.2, 0.25) is 0 Å². The third-order valence-corrected chi connectivity index (χ3v) is 7.27. The first-order valence-corrected chi connectivity index (χ1v) is 11.6. The highest BCUT2D eigenvalue weighted by Gasteiger charge is 2.50. The summed E-state index contributed by atoms with van der Waals surface area (Å²) in [6.07, 6.45) is 6.66. The lowest BCUT2D eigenvalue weighted by Gasteiger charge is -2.44. The minimum Gasteiger partial charge on any atom is -0.481 e. The number of rotatable bonds is 7. The molecule has 164 valence electrons. The minimum atomic E-state index is -0.870. The van der Waals surface area contributed by atoms with Gasteiger partial charge < -0.3 is 9.84 Å². The van der Waals surface area contributed by atoms with Crippen molar-refractivity contribution in [3.8, 4) is 11.1 Å². The van der Waals surface area contributed by atoms with Gasteiger partial charge in [0.05, 0.1) is 17.7 Å². The number of carbonyl (C=O) groups is 1. The van der Waals surface area contributed by atoms with E-state index in [2.05, 4.69) is 18.2 Å². The molecule has 2 aliphatic carbocycles. The van der Waals surface area contributed by atoms with Crippen LogP contribution in [0.25, 0.3) is 11.1 Å². The van der Waals surface area contributed by atoms with Crippen molar-refractivity contribution >= 4 is 5.97 Å². The molecule has 0 spiro atoms. The average molecular weight is 428 g/mol. The summed E-state index contributed by atoms with van der Waals surface area (Å²) in [6, 6.07) is 24.1. The third kappa shape index (κ3) is 3.95. The zero-order valence-electron chi connectivity index (χ0n) is 18.2. The number of ether oxygens (including phenoxy) is 1. The fraction of sp³-hybridized carbons (Fsp3) is 0.357. The summed E-state index contributed by atoms with van der Waals surface area (Å²) in [7, 11) is 0. The fourth-order valence-electron chi connectivity index (χ4n) is 4.99. The van der Waals surface area contributed by atoms with Crippen molar-refractivity contribution < 1.29 is 14.6 Å². The fourth-order valence-corrected chi connectivity index (χ4v) is 4.99. The molecule has 0 atom stereocenters. The van der Waals surface area contributed by atoms with Crippen LogP contribution in [0.5, 0.6) is 0 Å². The topological polar surface area (TPSA) is 59.4 Å². The van der Waals surface area contributed by atoms with Crippen LogP contribution >= 0.6 is 0 Å². The van der Waals surface area contributed by atoms with Crippen molar-refractivity contribution in [2.24, 2.45) is 5.92 Å². The zero-order valence-corrected chi connectivity index (χ0v) is 18.2. The van der Waals surface area contributed by atoms with E-state index >= 15 is 0 Å². The molecule has 1 aromatic heterocycles. The van der Waals surface area contributed by atoms with Crippen LogP contribution in [-0.4, -0.2) is 22.7 Å². The van der Waals surface area contributed by atoms with Gasteiger partial charge in [-0.15, -0.1) is 0 Å². The van der Waals surface area contributed by atoms with E-state index in [1.807, 2.05) is 60.8 Å². The monoisotopic (exact) mass is 427 g/mol. The van der Waals surface area contributed by atoms with E-state index in [0.29, 0.717) is 31.6 Å². The molecule has 2 fully saturated rings. The van der Waals surface area contributed by atoms with Gasteiger partial charge in [0.25, 0.3) is 0 Å². The second-order valence-electron chi connectivity index (χ2n) is 9.30. The van der Waals surface area contributed by atoms with Gasteiger partial charge in [-0.05, 0) is 73.3 Å². The first-order chi connectivity index (χ1) is 15.6. The van der Waals surface area contributed by atoms with Crippen LogP contribution in [0, 0.1) is 5.92 Å². The van der Waals surface area contributed by atoms with Gasteiger partial charge in [-0.1, -0.05) is 60.7 Å². The van der Waals surface area contributed by atoms with Crippen molar-refractivity contribution in [2.45, 2.75) is 49.5 Å². The Morgan fingerprint density at radius 3 is 2.19 bits per heavy atom. The second-order valence-corrected chi connectivity index (χ2v) is 9.30. The lowest BCUT2D eigenvalue weighted by atomic mass is 9.64. The Labute approximate surface area is 189 Å². The zero-order chi connectivity index (χ0) is 22.0. The molecule has 0 aliphatic heterocycles. The molecule has 1 N–H and O–H groups in total. The van der Waals surface area contributed by atoms with Crippen LogP contribution in [0.15, 0.2) is 79.0 Å². The van der Waals surface area contributed by atoms with E-state index in [4.69, 9.17) is 9.72 Å². The molecule has 0 bridgehead atoms. The highest BCUT2D eigenvalue weighted by Crippen LogP contribution is 2.50. The molecule has 2 saturated carbocycles. The van der Waals surface area contributed by atoms with E-state index in [1.165, 1.54) is 12.8 Å². The number of hydrogen-bond acceptors (Lipinski definition) is 3. The van der Waals surface area contributed by atoms with Crippen LogP contribution in [0.2, 0.25) is 0 Å². The van der Waals surface area contributed by atoms with Gasteiger partial charge in [0, 0.05) is 6.20 Å². The van der Waals surface area contributed by atoms with Gasteiger partial charge in [-0.3, -0.25) is 9.78 Å². The molecule has 2 aliphatic rings. The number of carboxylic acid groups (broad SMARTS) is 1. The van der Waals surface area contributed by atoms with Gasteiger partial charge in [-0.2, -0.15) is 0 Å². The largest absolute Gasteiger partial charge is 0.481 e. The quantitative estimate of drug-likeness (QED) is 0.505. The molecular weight excluding hydrogens is 398 g/mol. The van der Waals surface area contributed by atoms with Gasteiger partial charge >= 0.3 is 5.97 Å².